The molecule has 1 N–H and O–H groups in total. The van der Waals surface area contributed by atoms with E-state index in [1.54, 1.807) is 24.3 Å². The van der Waals surface area contributed by atoms with Gasteiger partial charge in [0.2, 0.25) is 0 Å². The number of ether oxygens (including phenoxy) is 1. The van der Waals surface area contributed by atoms with E-state index >= 15 is 0 Å². The summed E-state index contributed by atoms with van der Waals surface area (Å²) in [5, 5.41) is 2.69. The molecule has 6 nitrogen and oxygen atoms in total. The van der Waals surface area contributed by atoms with Crippen LogP contribution in [0.25, 0.3) is 0 Å². The molecule has 0 aromatic heterocycles. The molecule has 0 aliphatic carbocycles. The summed E-state index contributed by atoms with van der Waals surface area (Å²) >= 11 is 2.80. The molecule has 0 radical (unpaired) electrons. The van der Waals surface area contributed by atoms with Crippen LogP contribution >= 0.6 is 23.5 Å². The minimum absolute atomic E-state index is 0.131. The summed E-state index contributed by atoms with van der Waals surface area (Å²) in [4.78, 5) is 39.4. The summed E-state index contributed by atoms with van der Waals surface area (Å²) in [7, 11) is 0. The molecule has 0 fully saturated rings. The van der Waals surface area contributed by atoms with Crippen molar-refractivity contribution in [1.29, 1.82) is 0 Å². The van der Waals surface area contributed by atoms with Crippen molar-refractivity contribution in [3.63, 3.8) is 0 Å². The molecule has 3 amide bonds. The lowest BCUT2D eigenvalue weighted by Crippen LogP contribution is -2.31. The normalized spacial score (nSPS) is 14.0. The Balaban J connectivity index is 2.02. The third-order valence-corrected chi connectivity index (χ3v) is 5.98. The number of anilines is 1. The molecule has 2 rings (SSSR count). The predicted octanol–water partition coefficient (Wildman–Crippen LogP) is 4.30. The zero-order valence-electron chi connectivity index (χ0n) is 16.4. The molecule has 0 unspecified atom stereocenters. The van der Waals surface area contributed by atoms with Crippen LogP contribution in [0.5, 0.6) is 0 Å². The summed E-state index contributed by atoms with van der Waals surface area (Å²) in [6.45, 7) is 6.69. The molecule has 28 heavy (non-hydrogen) atoms. The topological polar surface area (TPSA) is 75.7 Å². The van der Waals surface area contributed by atoms with Crippen molar-refractivity contribution in [3.05, 3.63) is 39.6 Å². The zero-order chi connectivity index (χ0) is 20.5. The van der Waals surface area contributed by atoms with Crippen molar-refractivity contribution >= 4 is 47.1 Å². The molecule has 152 valence electrons. The van der Waals surface area contributed by atoms with Crippen molar-refractivity contribution in [1.82, 2.24) is 5.32 Å². The maximum atomic E-state index is 12.8. The number of alkyl carbamates (subject to hydrolysis) is 1. The Hall–Kier alpha value is -1.93. The number of benzene rings is 1. The molecule has 8 heteroatoms. The lowest BCUT2D eigenvalue weighted by atomic mass is 10.2. The van der Waals surface area contributed by atoms with Crippen LogP contribution in [0.4, 0.5) is 10.5 Å². The standard InChI is InChI=1S/C20H26N2O4S2/c1-4-7-12-21-20(25)26-13-14-8-10-15(11-9-14)22-18(23)16(27-5-2)17(19(22)24)28-6-3/h8-11H,4-7,12-13H2,1-3H3,(H,21,25). The van der Waals surface area contributed by atoms with Gasteiger partial charge in [0.1, 0.15) is 6.61 Å². The van der Waals surface area contributed by atoms with Gasteiger partial charge in [-0.15, -0.1) is 23.5 Å². The van der Waals surface area contributed by atoms with Crippen LogP contribution in [0, 0.1) is 0 Å². The van der Waals surface area contributed by atoms with E-state index in [1.165, 1.54) is 28.4 Å². The maximum Gasteiger partial charge on any atom is 0.407 e. The number of nitrogens with zero attached hydrogens (tertiary/aromatic N) is 1. The SMILES string of the molecule is CCCCNC(=O)OCc1ccc(N2C(=O)C(SCC)=C(SCC)C2=O)cc1. The number of hydrogen-bond acceptors (Lipinski definition) is 6. The van der Waals surface area contributed by atoms with E-state index in [4.69, 9.17) is 4.74 Å². The fourth-order valence-electron chi connectivity index (χ4n) is 2.58. The molecule has 1 aromatic rings. The van der Waals surface area contributed by atoms with Gasteiger partial charge in [0, 0.05) is 6.54 Å². The van der Waals surface area contributed by atoms with Crippen LogP contribution in [0.15, 0.2) is 34.1 Å². The number of carbonyl (C=O) groups excluding carboxylic acids is 3. The first-order valence-corrected chi connectivity index (χ1v) is 11.4. The summed E-state index contributed by atoms with van der Waals surface area (Å²) < 4.78 is 5.17. The van der Waals surface area contributed by atoms with Crippen molar-refractivity contribution in [2.24, 2.45) is 0 Å². The Bertz CT molecular complexity index is 719. The fourth-order valence-corrected chi connectivity index (χ4v) is 4.37. The van der Waals surface area contributed by atoms with Gasteiger partial charge in [-0.25, -0.2) is 9.69 Å². The highest BCUT2D eigenvalue weighted by Gasteiger charge is 2.39. The van der Waals surface area contributed by atoms with E-state index in [-0.39, 0.29) is 18.4 Å². The van der Waals surface area contributed by atoms with Crippen molar-refractivity contribution in [2.45, 2.75) is 40.2 Å². The van der Waals surface area contributed by atoms with E-state index in [2.05, 4.69) is 5.32 Å². The Morgan fingerprint density at radius 1 is 1.00 bits per heavy atom. The zero-order valence-corrected chi connectivity index (χ0v) is 18.1. The van der Waals surface area contributed by atoms with Crippen LogP contribution in [0.2, 0.25) is 0 Å². The van der Waals surface area contributed by atoms with Gasteiger partial charge in [-0.05, 0) is 35.6 Å². The highest BCUT2D eigenvalue weighted by molar-refractivity contribution is 8.08. The van der Waals surface area contributed by atoms with Gasteiger partial charge in [0.15, 0.2) is 0 Å². The van der Waals surface area contributed by atoms with Gasteiger partial charge in [-0.3, -0.25) is 9.59 Å². The molecule has 1 heterocycles. The first-order valence-electron chi connectivity index (χ1n) is 9.41. The smallest absolute Gasteiger partial charge is 0.407 e. The molecule has 1 aliphatic heterocycles. The monoisotopic (exact) mass is 422 g/mol. The molecule has 0 spiro atoms. The number of thioether (sulfide) groups is 2. The van der Waals surface area contributed by atoms with Crippen LogP contribution in [-0.4, -0.2) is 36.0 Å². The fraction of sp³-hybridized carbons (Fsp3) is 0.450. The van der Waals surface area contributed by atoms with E-state index in [1.807, 2.05) is 20.8 Å². The molecule has 0 atom stereocenters. The lowest BCUT2D eigenvalue weighted by molar-refractivity contribution is -0.120. The molecule has 0 bridgehead atoms. The molecular formula is C20H26N2O4S2. The van der Waals surface area contributed by atoms with Crippen LogP contribution in [0.3, 0.4) is 0 Å². The van der Waals surface area contributed by atoms with Crippen molar-refractivity contribution in [3.8, 4) is 0 Å². The van der Waals surface area contributed by atoms with E-state index in [9.17, 15) is 14.4 Å². The number of unbranched alkanes of at least 4 members (excludes halogenated alkanes) is 1. The highest BCUT2D eigenvalue weighted by atomic mass is 32.2. The first-order chi connectivity index (χ1) is 13.5. The Morgan fingerprint density at radius 3 is 2.07 bits per heavy atom. The molecule has 1 aromatic carbocycles. The van der Waals surface area contributed by atoms with Gasteiger partial charge in [-0.2, -0.15) is 0 Å². The van der Waals surface area contributed by atoms with E-state index in [0.29, 0.717) is 22.0 Å². The van der Waals surface area contributed by atoms with Gasteiger partial charge in [0.25, 0.3) is 11.8 Å². The Labute approximate surface area is 174 Å². The minimum atomic E-state index is -0.450. The number of amides is 3. The van der Waals surface area contributed by atoms with Crippen LogP contribution in [-0.2, 0) is 20.9 Å². The third-order valence-electron chi connectivity index (χ3n) is 3.94. The van der Waals surface area contributed by atoms with Gasteiger partial charge >= 0.3 is 6.09 Å². The minimum Gasteiger partial charge on any atom is -0.445 e. The van der Waals surface area contributed by atoms with E-state index in [0.717, 1.165) is 29.9 Å². The number of imide groups is 1. The van der Waals surface area contributed by atoms with Crippen LogP contribution < -0.4 is 10.2 Å². The van der Waals surface area contributed by atoms with Crippen LogP contribution in [0.1, 0.15) is 39.2 Å². The average molecular weight is 423 g/mol. The van der Waals surface area contributed by atoms with Crippen molar-refractivity contribution in [2.75, 3.05) is 23.0 Å². The Morgan fingerprint density at radius 2 is 1.57 bits per heavy atom. The average Bonchev–Trinajstić information content (AvgIpc) is 2.92. The van der Waals surface area contributed by atoms with Crippen molar-refractivity contribution < 1.29 is 19.1 Å². The summed E-state index contributed by atoms with van der Waals surface area (Å²) in [6, 6.07) is 6.92. The second-order valence-electron chi connectivity index (χ2n) is 5.99. The van der Waals surface area contributed by atoms with Gasteiger partial charge < -0.3 is 10.1 Å². The molecular weight excluding hydrogens is 396 g/mol. The molecule has 0 saturated carbocycles. The predicted molar refractivity (Wildman–Crippen MR) is 115 cm³/mol. The summed E-state index contributed by atoms with van der Waals surface area (Å²) in [5.41, 5.74) is 1.31. The lowest BCUT2D eigenvalue weighted by Gasteiger charge is -2.15. The number of rotatable bonds is 10. The van der Waals surface area contributed by atoms with Gasteiger partial charge in [-0.1, -0.05) is 39.3 Å². The largest absolute Gasteiger partial charge is 0.445 e. The molecule has 1 aliphatic rings. The van der Waals surface area contributed by atoms with E-state index < -0.39 is 6.09 Å². The second-order valence-corrected chi connectivity index (χ2v) is 8.54. The molecule has 0 saturated heterocycles. The highest BCUT2D eigenvalue weighted by Crippen LogP contribution is 2.38. The van der Waals surface area contributed by atoms with Gasteiger partial charge in [0.05, 0.1) is 15.5 Å². The second kappa shape index (κ2) is 11.2. The summed E-state index contributed by atoms with van der Waals surface area (Å²) in [6.07, 6.45) is 1.46. The number of hydrogen-bond donors (Lipinski definition) is 1. The number of carbonyl (C=O) groups is 3. The maximum absolute atomic E-state index is 12.8. The summed E-state index contributed by atoms with van der Waals surface area (Å²) in [5.74, 6) is 0.915. The Kier molecular flexibility index (Phi) is 8.92. The first kappa shape index (κ1) is 22.4. The quantitative estimate of drug-likeness (QED) is 0.447. The number of nitrogens with one attached hydrogen (secondary N) is 1. The third kappa shape index (κ3) is 5.54.